The van der Waals surface area contributed by atoms with Gasteiger partial charge in [0.15, 0.2) is 5.76 Å². The number of nitrogens with zero attached hydrogens (tertiary/aromatic N) is 3. The molecule has 0 atom stereocenters. The number of anilines is 1. The molecule has 0 spiro atoms. The van der Waals surface area contributed by atoms with E-state index in [0.29, 0.717) is 24.4 Å². The van der Waals surface area contributed by atoms with Crippen molar-refractivity contribution in [3.8, 4) is 11.3 Å². The van der Waals surface area contributed by atoms with Gasteiger partial charge in [-0.25, -0.2) is 9.97 Å². The smallest absolute Gasteiger partial charge is 0.213 e. The van der Waals surface area contributed by atoms with Gasteiger partial charge in [0, 0.05) is 24.9 Å². The lowest BCUT2D eigenvalue weighted by molar-refractivity contribution is 0.425. The summed E-state index contributed by atoms with van der Waals surface area (Å²) in [4.78, 5) is 7.64. The van der Waals surface area contributed by atoms with Crippen molar-refractivity contribution >= 4 is 5.82 Å². The summed E-state index contributed by atoms with van der Waals surface area (Å²) in [6.45, 7) is 0. The Balaban J connectivity index is 1.45. The maximum atomic E-state index is 13.2. The Morgan fingerprint density at radius 2 is 1.63 bits per heavy atom. The summed E-state index contributed by atoms with van der Waals surface area (Å²) in [6, 6.07) is 17.0. The first-order chi connectivity index (χ1) is 13.2. The highest BCUT2D eigenvalue weighted by Gasteiger charge is 2.10. The van der Waals surface area contributed by atoms with Crippen LogP contribution in [0.15, 0.2) is 71.5 Å². The summed E-state index contributed by atoms with van der Waals surface area (Å²) in [5, 5.41) is 4.12. The zero-order valence-electron chi connectivity index (χ0n) is 14.5. The first-order valence-electron chi connectivity index (χ1n) is 8.52. The molecule has 0 aliphatic carbocycles. The van der Waals surface area contributed by atoms with Crippen LogP contribution in [0.3, 0.4) is 0 Å². The lowest BCUT2D eigenvalue weighted by Gasteiger charge is -2.04. The zero-order chi connectivity index (χ0) is 18.6. The second-order valence-corrected chi connectivity index (χ2v) is 6.28. The van der Waals surface area contributed by atoms with Crippen LogP contribution >= 0.6 is 0 Å². The highest BCUT2D eigenvalue weighted by Crippen LogP contribution is 2.25. The van der Waals surface area contributed by atoms with Crippen molar-refractivity contribution in [2.45, 2.75) is 12.8 Å². The molecule has 27 heavy (non-hydrogen) atoms. The predicted octanol–water partition coefficient (Wildman–Crippen LogP) is 4.03. The Kier molecular flexibility index (Phi) is 4.61. The molecule has 3 heterocycles. The van der Waals surface area contributed by atoms with Crippen LogP contribution in [0.1, 0.15) is 22.4 Å². The second kappa shape index (κ2) is 7.37. The molecule has 134 valence electrons. The average Bonchev–Trinajstić information content (AvgIpc) is 3.12. The van der Waals surface area contributed by atoms with E-state index < -0.39 is 5.95 Å². The largest absolute Gasteiger partial charge is 0.383 e. The van der Waals surface area contributed by atoms with Crippen LogP contribution in [0, 0.1) is 5.95 Å². The molecule has 0 fully saturated rings. The SMILES string of the molecule is Nc1ncccc1-c1cc(Cc2ccc(Cc3ccnc(F)c3)cc2)no1. The summed E-state index contributed by atoms with van der Waals surface area (Å²) < 4.78 is 18.6. The molecule has 0 bridgehead atoms. The van der Waals surface area contributed by atoms with E-state index in [2.05, 4.69) is 15.1 Å². The standard InChI is InChI=1S/C21H17FN4O/c22-20-12-16(7-9-24-20)10-14-3-5-15(6-4-14)11-17-13-19(27-26-17)18-2-1-8-25-21(18)23/h1-9,12-13H,10-11H2,(H2,23,25). The summed E-state index contributed by atoms with van der Waals surface area (Å²) in [6.07, 6.45) is 4.43. The van der Waals surface area contributed by atoms with Crippen molar-refractivity contribution in [3.05, 3.63) is 95.3 Å². The molecule has 0 saturated heterocycles. The lowest BCUT2D eigenvalue weighted by atomic mass is 10.0. The van der Waals surface area contributed by atoms with Crippen molar-refractivity contribution in [1.29, 1.82) is 0 Å². The van der Waals surface area contributed by atoms with Gasteiger partial charge in [-0.1, -0.05) is 29.4 Å². The first-order valence-corrected chi connectivity index (χ1v) is 8.52. The molecule has 1 aromatic carbocycles. The Bertz CT molecular complexity index is 1060. The van der Waals surface area contributed by atoms with Gasteiger partial charge in [0.05, 0.1) is 11.3 Å². The molecule has 4 rings (SSSR count). The zero-order valence-corrected chi connectivity index (χ0v) is 14.5. The van der Waals surface area contributed by atoms with Gasteiger partial charge in [0.25, 0.3) is 0 Å². The minimum atomic E-state index is -0.458. The van der Waals surface area contributed by atoms with E-state index in [9.17, 15) is 4.39 Å². The van der Waals surface area contributed by atoms with Gasteiger partial charge in [0.1, 0.15) is 5.82 Å². The van der Waals surface area contributed by atoms with E-state index >= 15 is 0 Å². The maximum absolute atomic E-state index is 13.2. The molecular formula is C21H17FN4O. The number of hydrogen-bond donors (Lipinski definition) is 1. The monoisotopic (exact) mass is 360 g/mol. The maximum Gasteiger partial charge on any atom is 0.213 e. The second-order valence-electron chi connectivity index (χ2n) is 6.28. The molecule has 6 heteroatoms. The van der Waals surface area contributed by atoms with Crippen molar-refractivity contribution in [2.24, 2.45) is 0 Å². The van der Waals surface area contributed by atoms with Gasteiger partial charge in [0.2, 0.25) is 5.95 Å². The van der Waals surface area contributed by atoms with Gasteiger partial charge < -0.3 is 10.3 Å². The highest BCUT2D eigenvalue weighted by molar-refractivity contribution is 5.69. The number of benzene rings is 1. The van der Waals surface area contributed by atoms with Crippen LogP contribution in [0.2, 0.25) is 0 Å². The van der Waals surface area contributed by atoms with Crippen LogP contribution in [0.5, 0.6) is 0 Å². The number of nitrogen functional groups attached to an aromatic ring is 1. The van der Waals surface area contributed by atoms with E-state index in [0.717, 1.165) is 27.9 Å². The van der Waals surface area contributed by atoms with E-state index in [1.807, 2.05) is 42.5 Å². The number of pyridine rings is 2. The third kappa shape index (κ3) is 4.00. The van der Waals surface area contributed by atoms with Gasteiger partial charge in [-0.3, -0.25) is 0 Å². The van der Waals surface area contributed by atoms with E-state index in [1.165, 1.54) is 12.3 Å². The fourth-order valence-electron chi connectivity index (χ4n) is 2.92. The lowest BCUT2D eigenvalue weighted by Crippen LogP contribution is -1.93. The fourth-order valence-corrected chi connectivity index (χ4v) is 2.92. The van der Waals surface area contributed by atoms with Gasteiger partial charge in [-0.05, 0) is 47.4 Å². The predicted molar refractivity (Wildman–Crippen MR) is 100 cm³/mol. The van der Waals surface area contributed by atoms with Crippen LogP contribution in [-0.2, 0) is 12.8 Å². The summed E-state index contributed by atoms with van der Waals surface area (Å²) >= 11 is 0. The molecule has 0 aliphatic heterocycles. The van der Waals surface area contributed by atoms with Crippen molar-refractivity contribution in [2.75, 3.05) is 5.73 Å². The average molecular weight is 360 g/mol. The van der Waals surface area contributed by atoms with Crippen molar-refractivity contribution < 1.29 is 8.91 Å². The molecule has 0 unspecified atom stereocenters. The first kappa shape index (κ1) is 16.9. The minimum absolute atomic E-state index is 0.414. The van der Waals surface area contributed by atoms with Gasteiger partial charge >= 0.3 is 0 Å². The summed E-state index contributed by atoms with van der Waals surface area (Å²) in [5.41, 5.74) is 10.5. The normalized spacial score (nSPS) is 10.9. The van der Waals surface area contributed by atoms with E-state index in [-0.39, 0.29) is 0 Å². The van der Waals surface area contributed by atoms with Crippen molar-refractivity contribution in [3.63, 3.8) is 0 Å². The minimum Gasteiger partial charge on any atom is -0.383 e. The fraction of sp³-hybridized carbons (Fsp3) is 0.0952. The van der Waals surface area contributed by atoms with E-state index in [4.69, 9.17) is 10.3 Å². The van der Waals surface area contributed by atoms with Gasteiger partial charge in [-0.2, -0.15) is 4.39 Å². The van der Waals surface area contributed by atoms with Crippen LogP contribution in [0.25, 0.3) is 11.3 Å². The quantitative estimate of drug-likeness (QED) is 0.544. The number of aromatic nitrogens is 3. The molecule has 3 aromatic heterocycles. The molecular weight excluding hydrogens is 343 g/mol. The molecule has 4 aromatic rings. The third-order valence-electron chi connectivity index (χ3n) is 4.27. The number of rotatable bonds is 5. The molecule has 0 aliphatic rings. The topological polar surface area (TPSA) is 77.8 Å². The Morgan fingerprint density at radius 1 is 0.852 bits per heavy atom. The molecule has 0 radical (unpaired) electrons. The highest BCUT2D eigenvalue weighted by atomic mass is 19.1. The van der Waals surface area contributed by atoms with Gasteiger partial charge in [-0.15, -0.1) is 0 Å². The Labute approximate surface area is 155 Å². The molecule has 0 saturated carbocycles. The van der Waals surface area contributed by atoms with Crippen molar-refractivity contribution in [1.82, 2.24) is 15.1 Å². The number of hydrogen-bond acceptors (Lipinski definition) is 5. The third-order valence-corrected chi connectivity index (χ3v) is 4.27. The van der Waals surface area contributed by atoms with Crippen LogP contribution < -0.4 is 5.73 Å². The molecule has 5 nitrogen and oxygen atoms in total. The van der Waals surface area contributed by atoms with Crippen LogP contribution in [0.4, 0.5) is 10.2 Å². The Hall–Kier alpha value is -3.54. The Morgan fingerprint density at radius 3 is 2.37 bits per heavy atom. The van der Waals surface area contributed by atoms with E-state index in [1.54, 1.807) is 12.3 Å². The summed E-state index contributed by atoms with van der Waals surface area (Å²) in [7, 11) is 0. The van der Waals surface area contributed by atoms with Crippen LogP contribution in [-0.4, -0.2) is 15.1 Å². The summed E-state index contributed by atoms with van der Waals surface area (Å²) in [5.74, 6) is 0.559. The number of nitrogens with two attached hydrogens (primary N) is 1. The number of halogens is 1. The molecule has 0 amide bonds. The molecule has 2 N–H and O–H groups in total.